The van der Waals surface area contributed by atoms with Gasteiger partial charge in [0.05, 0.1) is 12.6 Å². The maximum Gasteiger partial charge on any atom is 0.329 e. The number of likely N-dealkylation sites (tertiary alicyclic amines) is 1. The molecule has 1 atom stereocenters. The predicted molar refractivity (Wildman–Crippen MR) is 43.6 cm³/mol. The Bertz CT molecular complexity index is 191. The average Bonchev–Trinajstić information content (AvgIpc) is 2.47. The zero-order valence-electron chi connectivity index (χ0n) is 6.81. The summed E-state index contributed by atoms with van der Waals surface area (Å²) in [5.41, 5.74) is 0. The molecular formula is C8H13NO3. The molecule has 0 aromatic rings. The van der Waals surface area contributed by atoms with Crippen LogP contribution in [-0.2, 0) is 4.79 Å². The van der Waals surface area contributed by atoms with E-state index < -0.39 is 5.97 Å². The molecule has 0 aromatic heterocycles. The van der Waals surface area contributed by atoms with Crippen LogP contribution in [0.25, 0.3) is 0 Å². The molecule has 1 saturated heterocycles. The topological polar surface area (TPSA) is 60.8 Å². The lowest BCUT2D eigenvalue weighted by molar-refractivity contribution is -0.131. The lowest BCUT2D eigenvalue weighted by Gasteiger charge is -2.19. The van der Waals surface area contributed by atoms with Crippen molar-refractivity contribution in [1.29, 1.82) is 0 Å². The van der Waals surface area contributed by atoms with E-state index in [1.54, 1.807) is 0 Å². The second kappa shape index (κ2) is 4.11. The Labute approximate surface area is 71.1 Å². The monoisotopic (exact) mass is 171 g/mol. The van der Waals surface area contributed by atoms with Gasteiger partial charge in [0.2, 0.25) is 0 Å². The van der Waals surface area contributed by atoms with Gasteiger partial charge in [-0.3, -0.25) is 0 Å². The first-order chi connectivity index (χ1) is 5.74. The van der Waals surface area contributed by atoms with Crippen LogP contribution in [0.3, 0.4) is 0 Å². The van der Waals surface area contributed by atoms with Gasteiger partial charge in [-0.1, -0.05) is 0 Å². The van der Waals surface area contributed by atoms with Crippen LogP contribution in [-0.4, -0.2) is 40.3 Å². The molecule has 2 N–H and O–H groups in total. The van der Waals surface area contributed by atoms with Gasteiger partial charge in [-0.25, -0.2) is 4.79 Å². The summed E-state index contributed by atoms with van der Waals surface area (Å²) in [5.74, 6) is -0.946. The first kappa shape index (κ1) is 9.06. The molecule has 4 nitrogen and oxygen atoms in total. The summed E-state index contributed by atoms with van der Waals surface area (Å²) in [7, 11) is 0. The van der Waals surface area contributed by atoms with E-state index in [1.165, 1.54) is 6.20 Å². The van der Waals surface area contributed by atoms with Gasteiger partial charge >= 0.3 is 5.97 Å². The zero-order chi connectivity index (χ0) is 8.97. The minimum Gasteiger partial charge on any atom is -0.478 e. The largest absolute Gasteiger partial charge is 0.478 e. The molecule has 1 heterocycles. The van der Waals surface area contributed by atoms with Crippen molar-refractivity contribution in [2.45, 2.75) is 18.9 Å². The molecule has 1 aliphatic heterocycles. The third kappa shape index (κ3) is 2.23. The number of rotatable bonds is 3. The minimum absolute atomic E-state index is 0.101. The van der Waals surface area contributed by atoms with Crippen molar-refractivity contribution in [3.05, 3.63) is 12.3 Å². The van der Waals surface area contributed by atoms with Crippen molar-refractivity contribution in [3.63, 3.8) is 0 Å². The molecule has 4 heteroatoms. The molecule has 0 amide bonds. The fourth-order valence-electron chi connectivity index (χ4n) is 1.41. The number of carbonyl (C=O) groups is 1. The molecule has 0 bridgehead atoms. The van der Waals surface area contributed by atoms with E-state index in [2.05, 4.69) is 0 Å². The van der Waals surface area contributed by atoms with Crippen LogP contribution in [0.15, 0.2) is 12.3 Å². The predicted octanol–water partition coefficient (Wildman–Crippen LogP) is 0.0414. The van der Waals surface area contributed by atoms with Gasteiger partial charge in [0.1, 0.15) is 0 Å². The molecular weight excluding hydrogens is 158 g/mol. The van der Waals surface area contributed by atoms with E-state index in [4.69, 9.17) is 10.2 Å². The molecule has 68 valence electrons. The Kier molecular flexibility index (Phi) is 3.10. The number of nitrogens with zero attached hydrogens (tertiary/aromatic N) is 1. The molecule has 1 aliphatic rings. The molecule has 0 spiro atoms. The SMILES string of the molecule is O=C(O)/C=C/N1CCCC1CO. The van der Waals surface area contributed by atoms with Crippen LogP contribution in [0.5, 0.6) is 0 Å². The fraction of sp³-hybridized carbons (Fsp3) is 0.625. The first-order valence-corrected chi connectivity index (χ1v) is 4.02. The second-order valence-corrected chi connectivity index (χ2v) is 2.87. The molecule has 1 unspecified atom stereocenters. The van der Waals surface area contributed by atoms with Crippen LogP contribution >= 0.6 is 0 Å². The van der Waals surface area contributed by atoms with Gasteiger partial charge in [0.25, 0.3) is 0 Å². The van der Waals surface area contributed by atoms with Crippen LogP contribution in [0.2, 0.25) is 0 Å². The van der Waals surface area contributed by atoms with Gasteiger partial charge in [-0.2, -0.15) is 0 Å². The number of aliphatic hydroxyl groups is 1. The van der Waals surface area contributed by atoms with Crippen molar-refractivity contribution in [2.24, 2.45) is 0 Å². The van der Waals surface area contributed by atoms with Gasteiger partial charge in [-0.15, -0.1) is 0 Å². The van der Waals surface area contributed by atoms with E-state index in [0.29, 0.717) is 0 Å². The van der Waals surface area contributed by atoms with E-state index in [1.807, 2.05) is 4.90 Å². The van der Waals surface area contributed by atoms with Gasteiger partial charge < -0.3 is 15.1 Å². The van der Waals surface area contributed by atoms with Gasteiger partial charge in [0.15, 0.2) is 0 Å². The Morgan fingerprint density at radius 3 is 3.00 bits per heavy atom. The summed E-state index contributed by atoms with van der Waals surface area (Å²) in [4.78, 5) is 12.0. The third-order valence-electron chi connectivity index (χ3n) is 2.04. The average molecular weight is 171 g/mol. The van der Waals surface area contributed by atoms with Crippen LogP contribution < -0.4 is 0 Å². The number of carboxylic acids is 1. The van der Waals surface area contributed by atoms with Crippen LogP contribution in [0, 0.1) is 0 Å². The maximum atomic E-state index is 10.2. The van der Waals surface area contributed by atoms with Crippen molar-refractivity contribution >= 4 is 5.97 Å². The van der Waals surface area contributed by atoms with Crippen molar-refractivity contribution in [1.82, 2.24) is 4.90 Å². The molecule has 0 aromatic carbocycles. The third-order valence-corrected chi connectivity index (χ3v) is 2.04. The highest BCUT2D eigenvalue weighted by Crippen LogP contribution is 2.16. The summed E-state index contributed by atoms with van der Waals surface area (Å²) >= 11 is 0. The number of hydrogen-bond donors (Lipinski definition) is 2. The Morgan fingerprint density at radius 2 is 2.42 bits per heavy atom. The summed E-state index contributed by atoms with van der Waals surface area (Å²) < 4.78 is 0. The molecule has 1 fully saturated rings. The summed E-state index contributed by atoms with van der Waals surface area (Å²) in [6.45, 7) is 0.943. The van der Waals surface area contributed by atoms with Crippen molar-refractivity contribution in [2.75, 3.05) is 13.2 Å². The van der Waals surface area contributed by atoms with Gasteiger partial charge in [-0.05, 0) is 12.8 Å². The lowest BCUT2D eigenvalue weighted by Crippen LogP contribution is -2.27. The number of aliphatic carboxylic acids is 1. The van der Waals surface area contributed by atoms with E-state index in [0.717, 1.165) is 25.5 Å². The highest BCUT2D eigenvalue weighted by molar-refractivity contribution is 5.79. The Balaban J connectivity index is 2.45. The molecule has 0 radical (unpaired) electrons. The summed E-state index contributed by atoms with van der Waals surface area (Å²) in [6.07, 6.45) is 4.61. The zero-order valence-corrected chi connectivity index (χ0v) is 6.81. The molecule has 1 rings (SSSR count). The number of carboxylic acid groups (broad SMARTS) is 1. The van der Waals surface area contributed by atoms with Gasteiger partial charge in [0, 0.05) is 18.8 Å². The minimum atomic E-state index is -0.946. The Morgan fingerprint density at radius 1 is 1.67 bits per heavy atom. The Hall–Kier alpha value is -1.03. The smallest absolute Gasteiger partial charge is 0.329 e. The number of hydrogen-bond acceptors (Lipinski definition) is 3. The summed E-state index contributed by atoms with van der Waals surface area (Å²) in [5, 5.41) is 17.2. The van der Waals surface area contributed by atoms with Crippen LogP contribution in [0.4, 0.5) is 0 Å². The fourth-order valence-corrected chi connectivity index (χ4v) is 1.41. The quantitative estimate of drug-likeness (QED) is 0.589. The molecule has 0 aliphatic carbocycles. The normalized spacial score (nSPS) is 23.8. The first-order valence-electron chi connectivity index (χ1n) is 4.02. The molecule has 0 saturated carbocycles. The molecule has 12 heavy (non-hydrogen) atoms. The summed E-state index contributed by atoms with van der Waals surface area (Å²) in [6, 6.07) is 0.112. The maximum absolute atomic E-state index is 10.2. The van der Waals surface area contributed by atoms with Crippen LogP contribution in [0.1, 0.15) is 12.8 Å². The van der Waals surface area contributed by atoms with E-state index in [-0.39, 0.29) is 12.6 Å². The highest BCUT2D eigenvalue weighted by Gasteiger charge is 2.20. The number of aliphatic hydroxyl groups excluding tert-OH is 1. The second-order valence-electron chi connectivity index (χ2n) is 2.87. The van der Waals surface area contributed by atoms with Crippen molar-refractivity contribution < 1.29 is 15.0 Å². The van der Waals surface area contributed by atoms with Crippen molar-refractivity contribution in [3.8, 4) is 0 Å². The van der Waals surface area contributed by atoms with E-state index in [9.17, 15) is 4.79 Å². The van der Waals surface area contributed by atoms with E-state index >= 15 is 0 Å². The highest BCUT2D eigenvalue weighted by atomic mass is 16.4. The standard InChI is InChI=1S/C8H13NO3/c10-6-7-2-1-4-9(7)5-3-8(11)12/h3,5,7,10H,1-2,4,6H2,(H,11,12)/b5-3+. The lowest BCUT2D eigenvalue weighted by atomic mass is 10.2.